The van der Waals surface area contributed by atoms with Gasteiger partial charge in [0.1, 0.15) is 11.5 Å². The number of carbonyl (C=O) groups excluding carboxylic acids is 1. The van der Waals surface area contributed by atoms with Crippen molar-refractivity contribution in [2.75, 3.05) is 18.4 Å². The van der Waals surface area contributed by atoms with Gasteiger partial charge in [0.15, 0.2) is 0 Å². The first kappa shape index (κ1) is 19.8. The summed E-state index contributed by atoms with van der Waals surface area (Å²) in [6, 6.07) is 14.6. The van der Waals surface area contributed by atoms with Crippen LogP contribution in [0.2, 0.25) is 0 Å². The number of halogens is 1. The Morgan fingerprint density at radius 1 is 1.04 bits per heavy atom. The zero-order valence-electron chi connectivity index (χ0n) is 14.5. The van der Waals surface area contributed by atoms with Gasteiger partial charge in [-0.2, -0.15) is 12.7 Å². The lowest BCUT2D eigenvalue weighted by Gasteiger charge is -2.29. The summed E-state index contributed by atoms with van der Waals surface area (Å²) < 4.78 is 30.6. The standard InChI is InChI=1S/C18H20BrN3O4S/c19-14-1-5-16(6-2-14)26-17-7-3-15(4-8-17)21-18(23)13-9-11-22(12-10-13)27(20,24)25/h1-8,13H,9-12H2,(H,21,23)(H2,20,24,25). The molecule has 7 nitrogen and oxygen atoms in total. The van der Waals surface area contributed by atoms with Gasteiger partial charge in [0.2, 0.25) is 5.91 Å². The van der Waals surface area contributed by atoms with Gasteiger partial charge in [-0.3, -0.25) is 4.79 Å². The van der Waals surface area contributed by atoms with Crippen molar-refractivity contribution in [2.45, 2.75) is 12.8 Å². The molecular formula is C18H20BrN3O4S. The van der Waals surface area contributed by atoms with E-state index in [0.717, 1.165) is 10.2 Å². The zero-order chi connectivity index (χ0) is 19.4. The number of hydrogen-bond acceptors (Lipinski definition) is 4. The molecule has 1 aliphatic rings. The molecule has 3 rings (SSSR count). The summed E-state index contributed by atoms with van der Waals surface area (Å²) in [5, 5.41) is 7.98. The highest BCUT2D eigenvalue weighted by molar-refractivity contribution is 9.10. The van der Waals surface area contributed by atoms with Crippen molar-refractivity contribution in [3.05, 3.63) is 53.0 Å². The molecule has 2 aromatic carbocycles. The Morgan fingerprint density at radius 2 is 1.56 bits per heavy atom. The molecule has 1 heterocycles. The Kier molecular flexibility index (Phi) is 6.15. The van der Waals surface area contributed by atoms with E-state index in [1.54, 1.807) is 24.3 Å². The third kappa shape index (κ3) is 5.52. The van der Waals surface area contributed by atoms with Gasteiger partial charge in [-0.25, -0.2) is 5.14 Å². The molecule has 1 fully saturated rings. The van der Waals surface area contributed by atoms with Crippen LogP contribution in [-0.4, -0.2) is 31.7 Å². The van der Waals surface area contributed by atoms with Crippen molar-refractivity contribution < 1.29 is 17.9 Å². The SMILES string of the molecule is NS(=O)(=O)N1CCC(C(=O)Nc2ccc(Oc3ccc(Br)cc3)cc2)CC1. The second-order valence-electron chi connectivity index (χ2n) is 6.29. The number of ether oxygens (including phenoxy) is 1. The average Bonchev–Trinajstić information content (AvgIpc) is 2.64. The van der Waals surface area contributed by atoms with Gasteiger partial charge in [-0.05, 0) is 61.4 Å². The van der Waals surface area contributed by atoms with Gasteiger partial charge in [0.25, 0.3) is 10.2 Å². The van der Waals surface area contributed by atoms with E-state index in [0.29, 0.717) is 24.3 Å². The number of piperidine rings is 1. The summed E-state index contributed by atoms with van der Waals surface area (Å²) in [6.45, 7) is 0.522. The summed E-state index contributed by atoms with van der Waals surface area (Å²) in [7, 11) is -3.68. The average molecular weight is 454 g/mol. The summed E-state index contributed by atoms with van der Waals surface area (Å²) in [6.07, 6.45) is 0.903. The summed E-state index contributed by atoms with van der Waals surface area (Å²) in [5.41, 5.74) is 0.664. The van der Waals surface area contributed by atoms with Crippen LogP contribution in [0.25, 0.3) is 0 Å². The van der Waals surface area contributed by atoms with Crippen molar-refractivity contribution in [1.29, 1.82) is 0 Å². The Bertz CT molecular complexity index is 893. The van der Waals surface area contributed by atoms with E-state index in [1.165, 1.54) is 4.31 Å². The van der Waals surface area contributed by atoms with Crippen LogP contribution in [0.15, 0.2) is 53.0 Å². The lowest BCUT2D eigenvalue weighted by molar-refractivity contribution is -0.120. The van der Waals surface area contributed by atoms with Crippen LogP contribution in [0.4, 0.5) is 5.69 Å². The minimum absolute atomic E-state index is 0.120. The Hall–Kier alpha value is -1.94. The second-order valence-corrected chi connectivity index (χ2v) is 8.75. The van der Waals surface area contributed by atoms with E-state index < -0.39 is 10.2 Å². The van der Waals surface area contributed by atoms with Crippen molar-refractivity contribution >= 4 is 37.7 Å². The lowest BCUT2D eigenvalue weighted by atomic mass is 9.97. The highest BCUT2D eigenvalue weighted by Gasteiger charge is 2.29. The van der Waals surface area contributed by atoms with Gasteiger partial charge >= 0.3 is 0 Å². The monoisotopic (exact) mass is 453 g/mol. The molecule has 2 aromatic rings. The van der Waals surface area contributed by atoms with Gasteiger partial charge in [-0.1, -0.05) is 15.9 Å². The summed E-state index contributed by atoms with van der Waals surface area (Å²) in [5.74, 6) is 1.03. The first-order valence-corrected chi connectivity index (χ1v) is 10.7. The highest BCUT2D eigenvalue weighted by atomic mass is 79.9. The van der Waals surface area contributed by atoms with Gasteiger partial charge < -0.3 is 10.1 Å². The van der Waals surface area contributed by atoms with Crippen LogP contribution in [0.3, 0.4) is 0 Å². The van der Waals surface area contributed by atoms with Crippen LogP contribution < -0.4 is 15.2 Å². The Balaban J connectivity index is 1.53. The van der Waals surface area contributed by atoms with Crippen LogP contribution in [0, 0.1) is 5.92 Å². The first-order valence-electron chi connectivity index (χ1n) is 8.43. The molecule has 27 heavy (non-hydrogen) atoms. The molecule has 0 bridgehead atoms. The molecule has 0 radical (unpaired) electrons. The fourth-order valence-electron chi connectivity index (χ4n) is 2.86. The molecule has 0 spiro atoms. The minimum Gasteiger partial charge on any atom is -0.457 e. The van der Waals surface area contributed by atoms with Crippen LogP contribution >= 0.6 is 15.9 Å². The molecule has 0 atom stereocenters. The van der Waals surface area contributed by atoms with Crippen molar-refractivity contribution in [3.63, 3.8) is 0 Å². The molecular weight excluding hydrogens is 434 g/mol. The first-order chi connectivity index (χ1) is 12.8. The predicted octanol–water partition coefficient (Wildman–Crippen LogP) is 3.10. The maximum atomic E-state index is 12.4. The predicted molar refractivity (Wildman–Crippen MR) is 107 cm³/mol. The molecule has 0 unspecified atom stereocenters. The van der Waals surface area contributed by atoms with Crippen LogP contribution in [0.1, 0.15) is 12.8 Å². The molecule has 1 saturated heterocycles. The van der Waals surface area contributed by atoms with Crippen molar-refractivity contribution in [2.24, 2.45) is 11.1 Å². The fraction of sp³-hybridized carbons (Fsp3) is 0.278. The molecule has 1 amide bonds. The Labute approximate surface area is 166 Å². The molecule has 3 N–H and O–H groups in total. The van der Waals surface area contributed by atoms with E-state index in [-0.39, 0.29) is 24.9 Å². The number of rotatable bonds is 5. The highest BCUT2D eigenvalue weighted by Crippen LogP contribution is 2.25. The number of nitrogens with zero attached hydrogens (tertiary/aromatic N) is 1. The van der Waals surface area contributed by atoms with E-state index >= 15 is 0 Å². The third-order valence-corrected chi connectivity index (χ3v) is 5.97. The third-order valence-electron chi connectivity index (χ3n) is 4.36. The smallest absolute Gasteiger partial charge is 0.276 e. The molecule has 0 aliphatic carbocycles. The second kappa shape index (κ2) is 8.39. The summed E-state index contributed by atoms with van der Waals surface area (Å²) >= 11 is 3.37. The lowest BCUT2D eigenvalue weighted by Crippen LogP contribution is -2.44. The number of amides is 1. The van der Waals surface area contributed by atoms with E-state index in [4.69, 9.17) is 9.88 Å². The van der Waals surface area contributed by atoms with Gasteiger partial charge in [0, 0.05) is 29.2 Å². The van der Waals surface area contributed by atoms with Gasteiger partial charge in [-0.15, -0.1) is 0 Å². The molecule has 144 valence electrons. The number of carbonyl (C=O) groups is 1. The molecule has 0 aromatic heterocycles. The number of nitrogens with two attached hydrogens (primary N) is 1. The molecule has 0 saturated carbocycles. The van der Waals surface area contributed by atoms with E-state index in [1.807, 2.05) is 24.3 Å². The minimum atomic E-state index is -3.68. The summed E-state index contributed by atoms with van der Waals surface area (Å²) in [4.78, 5) is 12.4. The maximum absolute atomic E-state index is 12.4. The molecule has 1 aliphatic heterocycles. The van der Waals surface area contributed by atoms with Crippen LogP contribution in [0.5, 0.6) is 11.5 Å². The maximum Gasteiger partial charge on any atom is 0.276 e. The van der Waals surface area contributed by atoms with Crippen molar-refractivity contribution in [1.82, 2.24) is 4.31 Å². The topological polar surface area (TPSA) is 102 Å². The van der Waals surface area contributed by atoms with Crippen molar-refractivity contribution in [3.8, 4) is 11.5 Å². The Morgan fingerprint density at radius 3 is 2.07 bits per heavy atom. The number of anilines is 1. The quantitative estimate of drug-likeness (QED) is 0.725. The number of benzene rings is 2. The number of hydrogen-bond donors (Lipinski definition) is 2. The van der Waals surface area contributed by atoms with Crippen LogP contribution in [-0.2, 0) is 15.0 Å². The van der Waals surface area contributed by atoms with E-state index in [9.17, 15) is 13.2 Å². The van der Waals surface area contributed by atoms with E-state index in [2.05, 4.69) is 21.2 Å². The number of nitrogens with one attached hydrogen (secondary N) is 1. The normalized spacial score (nSPS) is 16.1. The zero-order valence-corrected chi connectivity index (χ0v) is 16.9. The fourth-order valence-corrected chi connectivity index (χ4v) is 3.85. The molecule has 9 heteroatoms. The van der Waals surface area contributed by atoms with Gasteiger partial charge in [0.05, 0.1) is 0 Å². The largest absolute Gasteiger partial charge is 0.457 e.